The van der Waals surface area contributed by atoms with Crippen LogP contribution in [0.5, 0.6) is 5.75 Å². The highest BCUT2D eigenvalue weighted by molar-refractivity contribution is 7.92. The molecule has 0 spiro atoms. The number of nitrogens with zero attached hydrogens (tertiary/aromatic N) is 2. The number of hydrogen-bond acceptors (Lipinski definition) is 8. The van der Waals surface area contributed by atoms with Crippen LogP contribution >= 0.6 is 0 Å². The van der Waals surface area contributed by atoms with Gasteiger partial charge >= 0.3 is 5.51 Å². The molecule has 1 aromatic heterocycles. The molecule has 0 saturated heterocycles. The molecule has 2 heterocycles. The van der Waals surface area contributed by atoms with Gasteiger partial charge in [-0.2, -0.15) is 13.2 Å². The average Bonchev–Trinajstić information content (AvgIpc) is 2.97. The van der Waals surface area contributed by atoms with Crippen LogP contribution in [-0.2, 0) is 32.4 Å². The van der Waals surface area contributed by atoms with E-state index in [2.05, 4.69) is 15.6 Å². The second-order valence-electron chi connectivity index (χ2n) is 10.3. The van der Waals surface area contributed by atoms with Gasteiger partial charge < -0.3 is 26.0 Å². The summed E-state index contributed by atoms with van der Waals surface area (Å²) in [6.07, 6.45) is 1.74. The number of nitrogen functional groups attached to an aromatic ring is 1. The number of ether oxygens (including phenoxy) is 1. The van der Waals surface area contributed by atoms with Gasteiger partial charge in [-0.05, 0) is 83.1 Å². The minimum absolute atomic E-state index is 0.0240. The number of aryl methyl sites for hydroxylation is 1. The zero-order chi connectivity index (χ0) is 31.8. The molecule has 4 N–H and O–H groups in total. The van der Waals surface area contributed by atoms with Crippen molar-refractivity contribution >= 4 is 49.6 Å². The Balaban J connectivity index is 1.62. The molecule has 0 aliphatic carbocycles. The van der Waals surface area contributed by atoms with E-state index in [1.165, 1.54) is 14.2 Å². The van der Waals surface area contributed by atoms with E-state index in [-0.39, 0.29) is 24.1 Å². The fourth-order valence-corrected chi connectivity index (χ4v) is 6.08. The standard InChI is InChI=1S/C30H28F3N5O5S/c1-38-16-20-15-21(6-9-25(20)44(41,42)30(31,32)33)36-26(39)10-4-18-13-19(3-8-24(18)43-2)27(29(38)40)37-22-5-7-23-17(14-22)11-12-35-28(23)34/h3,5-9,11-15,27,37H,4,10,16H2,1-2H3,(H2,34,35)(H,36,39). The molecule has 1 atom stereocenters. The molecular weight excluding hydrogens is 599 g/mol. The number of nitrogens with two attached hydrogens (primary N) is 1. The Labute approximate surface area is 250 Å². The molecule has 10 nitrogen and oxygen atoms in total. The van der Waals surface area contributed by atoms with E-state index in [4.69, 9.17) is 10.5 Å². The van der Waals surface area contributed by atoms with Crippen LogP contribution < -0.4 is 21.1 Å². The van der Waals surface area contributed by atoms with E-state index in [1.54, 1.807) is 48.7 Å². The van der Waals surface area contributed by atoms with E-state index in [0.717, 1.165) is 28.5 Å². The molecule has 1 unspecified atom stereocenters. The van der Waals surface area contributed by atoms with Gasteiger partial charge in [0, 0.05) is 43.0 Å². The SMILES string of the molecule is COc1ccc2cc1CCC(=O)Nc1ccc(S(=O)(=O)C(F)(F)F)c(c1)CN(C)C(=O)C2Nc1ccc2c(N)nccc2c1. The molecule has 5 rings (SSSR count). The van der Waals surface area contributed by atoms with E-state index in [0.29, 0.717) is 33.8 Å². The summed E-state index contributed by atoms with van der Waals surface area (Å²) < 4.78 is 71.2. The number of carbonyl (C=O) groups is 2. The molecule has 4 bridgehead atoms. The van der Waals surface area contributed by atoms with Gasteiger partial charge in [0.05, 0.1) is 12.0 Å². The fourth-order valence-electron chi connectivity index (χ4n) is 5.11. The molecule has 0 saturated carbocycles. The summed E-state index contributed by atoms with van der Waals surface area (Å²) in [4.78, 5) is 31.1. The molecule has 0 radical (unpaired) electrons. The van der Waals surface area contributed by atoms with Gasteiger partial charge in [-0.1, -0.05) is 6.07 Å². The third-order valence-electron chi connectivity index (χ3n) is 7.33. The van der Waals surface area contributed by atoms with Crippen LogP contribution in [0.15, 0.2) is 71.8 Å². The van der Waals surface area contributed by atoms with E-state index in [9.17, 15) is 31.2 Å². The quantitative estimate of drug-likeness (QED) is 0.292. The predicted molar refractivity (Wildman–Crippen MR) is 159 cm³/mol. The summed E-state index contributed by atoms with van der Waals surface area (Å²) in [5.74, 6) is -0.169. The zero-order valence-electron chi connectivity index (χ0n) is 23.6. The number of fused-ring (bicyclic) bond motifs is 5. The van der Waals surface area contributed by atoms with Gasteiger partial charge in [-0.3, -0.25) is 9.59 Å². The molecule has 1 aliphatic heterocycles. The smallest absolute Gasteiger partial charge is 0.496 e. The van der Waals surface area contributed by atoms with Crippen molar-refractivity contribution in [2.24, 2.45) is 0 Å². The summed E-state index contributed by atoms with van der Waals surface area (Å²) in [5.41, 5.74) is 1.87. The number of benzene rings is 3. The van der Waals surface area contributed by atoms with Crippen LogP contribution in [-0.4, -0.2) is 49.8 Å². The molecule has 14 heteroatoms. The Morgan fingerprint density at radius 2 is 1.80 bits per heavy atom. The van der Waals surface area contributed by atoms with E-state index >= 15 is 0 Å². The lowest BCUT2D eigenvalue weighted by Crippen LogP contribution is -2.36. The van der Waals surface area contributed by atoms with E-state index < -0.39 is 44.6 Å². The van der Waals surface area contributed by atoms with Crippen molar-refractivity contribution in [2.45, 2.75) is 35.8 Å². The molecular formula is C30H28F3N5O5S. The topological polar surface area (TPSA) is 144 Å². The van der Waals surface area contributed by atoms with Crippen LogP contribution in [0.2, 0.25) is 0 Å². The average molecular weight is 628 g/mol. The lowest BCUT2D eigenvalue weighted by atomic mass is 9.98. The van der Waals surface area contributed by atoms with Crippen molar-refractivity contribution in [3.8, 4) is 5.75 Å². The molecule has 3 aromatic carbocycles. The normalized spacial score (nSPS) is 16.3. The number of carbonyl (C=O) groups excluding carboxylic acids is 2. The first kappa shape index (κ1) is 30.6. The third-order valence-corrected chi connectivity index (χ3v) is 8.92. The van der Waals surface area contributed by atoms with Crippen molar-refractivity contribution < 1.29 is 35.9 Å². The molecule has 2 amide bonds. The fraction of sp³-hybridized carbons (Fsp3) is 0.233. The lowest BCUT2D eigenvalue weighted by molar-refractivity contribution is -0.131. The number of pyridine rings is 1. The first-order chi connectivity index (χ1) is 20.8. The maximum Gasteiger partial charge on any atom is 0.501 e. The van der Waals surface area contributed by atoms with Crippen LogP contribution in [0, 0.1) is 0 Å². The number of nitrogens with one attached hydrogen (secondary N) is 2. The number of sulfone groups is 1. The summed E-state index contributed by atoms with van der Waals surface area (Å²) in [7, 11) is -2.93. The van der Waals surface area contributed by atoms with Crippen LogP contribution in [0.3, 0.4) is 0 Å². The van der Waals surface area contributed by atoms with Gasteiger partial charge in [0.2, 0.25) is 11.8 Å². The first-order valence-corrected chi connectivity index (χ1v) is 14.8. The highest BCUT2D eigenvalue weighted by Gasteiger charge is 2.48. The number of likely N-dealkylation sites (N-methyl/N-ethyl adjacent to an activating group) is 1. The molecule has 4 aromatic rings. The highest BCUT2D eigenvalue weighted by Crippen LogP contribution is 2.35. The predicted octanol–water partition coefficient (Wildman–Crippen LogP) is 4.82. The lowest BCUT2D eigenvalue weighted by Gasteiger charge is -2.28. The number of halogens is 3. The Morgan fingerprint density at radius 3 is 2.52 bits per heavy atom. The van der Waals surface area contributed by atoms with Gasteiger partial charge in [0.1, 0.15) is 17.6 Å². The summed E-state index contributed by atoms with van der Waals surface area (Å²) in [6.45, 7) is -0.506. The molecule has 230 valence electrons. The minimum Gasteiger partial charge on any atom is -0.496 e. The van der Waals surface area contributed by atoms with Crippen molar-refractivity contribution in [1.82, 2.24) is 9.88 Å². The summed E-state index contributed by atoms with van der Waals surface area (Å²) in [6, 6.07) is 14.0. The maximum absolute atomic E-state index is 14.1. The number of hydrogen-bond donors (Lipinski definition) is 3. The second kappa shape index (κ2) is 11.7. The van der Waals surface area contributed by atoms with Gasteiger partial charge in [-0.15, -0.1) is 0 Å². The number of anilines is 3. The number of methoxy groups -OCH3 is 1. The van der Waals surface area contributed by atoms with Crippen LogP contribution in [0.4, 0.5) is 30.4 Å². The number of amides is 2. The minimum atomic E-state index is -5.77. The molecule has 44 heavy (non-hydrogen) atoms. The largest absolute Gasteiger partial charge is 0.501 e. The summed E-state index contributed by atoms with van der Waals surface area (Å²) in [5, 5.41) is 7.27. The number of rotatable bonds is 4. The Kier molecular flexibility index (Phi) is 8.12. The van der Waals surface area contributed by atoms with Crippen molar-refractivity contribution in [3.05, 3.63) is 83.6 Å². The summed E-state index contributed by atoms with van der Waals surface area (Å²) >= 11 is 0. The molecule has 0 fully saturated rings. The Hall–Kier alpha value is -4.85. The van der Waals surface area contributed by atoms with Crippen molar-refractivity contribution in [2.75, 3.05) is 30.5 Å². The van der Waals surface area contributed by atoms with E-state index in [1.807, 2.05) is 0 Å². The second-order valence-corrected chi connectivity index (χ2v) is 12.2. The van der Waals surface area contributed by atoms with Gasteiger partial charge in [-0.25, -0.2) is 13.4 Å². The van der Waals surface area contributed by atoms with Crippen LogP contribution in [0.25, 0.3) is 10.8 Å². The molecule has 1 aliphatic rings. The monoisotopic (exact) mass is 627 g/mol. The number of alkyl halides is 3. The maximum atomic E-state index is 14.1. The third kappa shape index (κ3) is 5.97. The zero-order valence-corrected chi connectivity index (χ0v) is 24.4. The van der Waals surface area contributed by atoms with Gasteiger partial charge in [0.15, 0.2) is 0 Å². The Bertz CT molecular complexity index is 1880. The number of aromatic nitrogens is 1. The van der Waals surface area contributed by atoms with Crippen molar-refractivity contribution in [3.63, 3.8) is 0 Å². The first-order valence-electron chi connectivity index (χ1n) is 13.3. The highest BCUT2D eigenvalue weighted by atomic mass is 32.2. The van der Waals surface area contributed by atoms with Crippen molar-refractivity contribution in [1.29, 1.82) is 0 Å². The van der Waals surface area contributed by atoms with Gasteiger partial charge in [0.25, 0.3) is 9.84 Å². The van der Waals surface area contributed by atoms with Crippen LogP contribution in [0.1, 0.15) is 29.2 Å². The Morgan fingerprint density at radius 1 is 1.02 bits per heavy atom.